The molecule has 0 aliphatic carbocycles. The van der Waals surface area contributed by atoms with Gasteiger partial charge in [-0.3, -0.25) is 9.59 Å². The molecule has 0 bridgehead atoms. The quantitative estimate of drug-likeness (QED) is 0.127. The highest BCUT2D eigenvalue weighted by Gasteiger charge is 2.21. The Morgan fingerprint density at radius 3 is 2.51 bits per heavy atom. The Kier molecular flexibility index (Phi) is 17.4. The minimum absolute atomic E-state index is 0.0327. The van der Waals surface area contributed by atoms with Crippen LogP contribution < -0.4 is 10.6 Å². The Morgan fingerprint density at radius 2 is 1.83 bits per heavy atom. The van der Waals surface area contributed by atoms with Crippen molar-refractivity contribution in [3.8, 4) is 0 Å². The number of carbonyl (C=O) groups excluding carboxylic acids is 2. The monoisotopic (exact) mass is 510 g/mol. The predicted molar refractivity (Wildman–Crippen MR) is 143 cm³/mol. The molecule has 0 radical (unpaired) electrons. The summed E-state index contributed by atoms with van der Waals surface area (Å²) in [6.45, 7) is 9.61. The van der Waals surface area contributed by atoms with E-state index in [-0.39, 0.29) is 18.1 Å². The van der Waals surface area contributed by atoms with E-state index in [1.165, 1.54) is 32.1 Å². The highest BCUT2D eigenvalue weighted by molar-refractivity contribution is 7.99. The van der Waals surface area contributed by atoms with Gasteiger partial charge in [0.05, 0.1) is 6.42 Å². The van der Waals surface area contributed by atoms with E-state index in [0.29, 0.717) is 43.7 Å². The van der Waals surface area contributed by atoms with Gasteiger partial charge in [-0.05, 0) is 37.9 Å². The number of ether oxygens (including phenoxy) is 1. The molecule has 3 N–H and O–H groups in total. The number of rotatable bonds is 21. The molecule has 1 aromatic rings. The van der Waals surface area contributed by atoms with E-state index in [9.17, 15) is 9.59 Å². The van der Waals surface area contributed by atoms with Crippen molar-refractivity contribution < 1.29 is 19.4 Å². The highest BCUT2D eigenvalue weighted by atomic mass is 32.2. The summed E-state index contributed by atoms with van der Waals surface area (Å²) in [5.74, 6) is 1.72. The Balaban J connectivity index is 2.85. The van der Waals surface area contributed by atoms with Crippen molar-refractivity contribution in [1.29, 1.82) is 0 Å². The smallest absolute Gasteiger partial charge is 0.242 e. The van der Waals surface area contributed by atoms with Gasteiger partial charge in [-0.25, -0.2) is 9.97 Å². The van der Waals surface area contributed by atoms with Crippen LogP contribution in [0.3, 0.4) is 0 Å². The van der Waals surface area contributed by atoms with E-state index in [0.717, 1.165) is 23.6 Å². The van der Waals surface area contributed by atoms with Gasteiger partial charge < -0.3 is 20.5 Å². The average molecular weight is 511 g/mol. The number of hydrogen-bond donors (Lipinski definition) is 3. The number of ketones is 1. The van der Waals surface area contributed by atoms with Crippen molar-refractivity contribution in [2.24, 2.45) is 5.92 Å². The second kappa shape index (κ2) is 19.5. The summed E-state index contributed by atoms with van der Waals surface area (Å²) >= 11 is 1.64. The Hall–Kier alpha value is -1.71. The summed E-state index contributed by atoms with van der Waals surface area (Å²) in [6, 6.07) is 1.40. The minimum atomic E-state index is -0.540. The van der Waals surface area contributed by atoms with Crippen molar-refractivity contribution >= 4 is 29.3 Å². The molecule has 0 fully saturated rings. The van der Waals surface area contributed by atoms with Gasteiger partial charge in [0.2, 0.25) is 5.91 Å². The first-order valence-electron chi connectivity index (χ1n) is 13.1. The summed E-state index contributed by atoms with van der Waals surface area (Å²) in [6.07, 6.45) is 8.72. The lowest BCUT2D eigenvalue weighted by atomic mass is 10.0. The second-order valence-electron chi connectivity index (χ2n) is 9.17. The summed E-state index contributed by atoms with van der Waals surface area (Å²) in [7, 11) is 0. The third-order valence-electron chi connectivity index (χ3n) is 5.34. The zero-order valence-corrected chi connectivity index (χ0v) is 22.9. The highest BCUT2D eigenvalue weighted by Crippen LogP contribution is 2.22. The number of anilines is 1. The van der Waals surface area contributed by atoms with Gasteiger partial charge in [-0.1, -0.05) is 52.9 Å². The van der Waals surface area contributed by atoms with Gasteiger partial charge in [-0.2, -0.15) is 0 Å². The molecule has 9 heteroatoms. The minimum Gasteiger partial charge on any atom is -0.389 e. The molecule has 1 aromatic heterocycles. The van der Waals surface area contributed by atoms with E-state index in [2.05, 4.69) is 41.4 Å². The SMILES string of the molecule is CCCCCCCCSc1cc(N[C@@H](CC(C)C)C(=O)NCCCOCC)nc(CC(=O)CO)n1. The maximum atomic E-state index is 12.9. The predicted octanol–water partition coefficient (Wildman–Crippen LogP) is 4.40. The lowest BCUT2D eigenvalue weighted by molar-refractivity contribution is -0.122. The van der Waals surface area contributed by atoms with Crippen LogP contribution in [-0.2, 0) is 20.7 Å². The molecular weight excluding hydrogens is 464 g/mol. The van der Waals surface area contributed by atoms with E-state index in [4.69, 9.17) is 9.84 Å². The van der Waals surface area contributed by atoms with Gasteiger partial charge in [0.1, 0.15) is 29.3 Å². The van der Waals surface area contributed by atoms with E-state index in [1.54, 1.807) is 11.8 Å². The average Bonchev–Trinajstić information content (AvgIpc) is 2.82. The fourth-order valence-corrected chi connectivity index (χ4v) is 4.45. The number of thioether (sulfide) groups is 1. The second-order valence-corrected chi connectivity index (χ2v) is 10.3. The number of nitrogens with zero attached hydrogens (tertiary/aromatic N) is 2. The molecule has 1 rings (SSSR count). The van der Waals surface area contributed by atoms with Crippen LogP contribution in [0.1, 0.15) is 84.9 Å². The summed E-state index contributed by atoms with van der Waals surface area (Å²) in [5, 5.41) is 16.2. The maximum absolute atomic E-state index is 12.9. The topological polar surface area (TPSA) is 113 Å². The largest absolute Gasteiger partial charge is 0.389 e. The van der Waals surface area contributed by atoms with Crippen molar-refractivity contribution in [3.05, 3.63) is 11.9 Å². The molecular formula is C26H46N4O4S. The lowest BCUT2D eigenvalue weighted by Gasteiger charge is -2.21. The number of amides is 1. The molecule has 0 unspecified atom stereocenters. The van der Waals surface area contributed by atoms with Gasteiger partial charge >= 0.3 is 0 Å². The van der Waals surface area contributed by atoms with Crippen molar-refractivity contribution in [2.45, 2.75) is 96.6 Å². The van der Waals surface area contributed by atoms with Crippen LogP contribution in [0, 0.1) is 5.92 Å². The number of aromatic nitrogens is 2. The molecule has 0 aliphatic heterocycles. The summed E-state index contributed by atoms with van der Waals surface area (Å²) in [5.41, 5.74) is 0. The number of hydrogen-bond acceptors (Lipinski definition) is 8. The van der Waals surface area contributed by atoms with Crippen LogP contribution in [0.4, 0.5) is 5.82 Å². The normalized spacial score (nSPS) is 12.1. The van der Waals surface area contributed by atoms with Crippen molar-refractivity contribution in [3.63, 3.8) is 0 Å². The first-order valence-corrected chi connectivity index (χ1v) is 14.1. The Bertz CT molecular complexity index is 733. The molecule has 0 saturated heterocycles. The van der Waals surface area contributed by atoms with E-state index >= 15 is 0 Å². The van der Waals surface area contributed by atoms with Gasteiger partial charge in [0, 0.05) is 25.8 Å². The Morgan fingerprint density at radius 1 is 1.09 bits per heavy atom. The van der Waals surface area contributed by atoms with Gasteiger partial charge in [-0.15, -0.1) is 11.8 Å². The van der Waals surface area contributed by atoms with Gasteiger partial charge in [0.15, 0.2) is 5.78 Å². The zero-order chi connectivity index (χ0) is 25.9. The number of Topliss-reactive ketones (excluding diaryl/α,β-unsaturated/α-hetero) is 1. The lowest BCUT2D eigenvalue weighted by Crippen LogP contribution is -2.41. The first kappa shape index (κ1) is 31.3. The third-order valence-corrected chi connectivity index (χ3v) is 6.34. The van der Waals surface area contributed by atoms with Crippen LogP contribution in [0.25, 0.3) is 0 Å². The van der Waals surface area contributed by atoms with Crippen LogP contribution in [-0.4, -0.2) is 64.9 Å². The molecule has 35 heavy (non-hydrogen) atoms. The van der Waals surface area contributed by atoms with Crippen LogP contribution in [0.15, 0.2) is 11.1 Å². The van der Waals surface area contributed by atoms with Crippen LogP contribution >= 0.6 is 11.8 Å². The molecule has 0 aromatic carbocycles. The van der Waals surface area contributed by atoms with Gasteiger partial charge in [0.25, 0.3) is 0 Å². The first-order chi connectivity index (χ1) is 16.9. The van der Waals surface area contributed by atoms with Crippen LogP contribution in [0.2, 0.25) is 0 Å². The number of aliphatic hydroxyl groups is 1. The molecule has 0 spiro atoms. The fraction of sp³-hybridized carbons (Fsp3) is 0.769. The summed E-state index contributed by atoms with van der Waals surface area (Å²) < 4.78 is 5.34. The molecule has 8 nitrogen and oxygen atoms in total. The standard InChI is InChI=1S/C26H46N4O4S/c1-5-7-8-9-10-11-15-35-25-18-24(29-23(30-25)17-21(32)19-31)28-22(16-20(3)4)26(33)27-13-12-14-34-6-2/h18,20,22,31H,5-17,19H2,1-4H3,(H,27,33)(H,28,29,30)/t22-/m0/s1. The van der Waals surface area contributed by atoms with Crippen molar-refractivity contribution in [1.82, 2.24) is 15.3 Å². The number of unbranched alkanes of at least 4 members (excludes halogenated alkanes) is 5. The number of carbonyl (C=O) groups is 2. The summed E-state index contributed by atoms with van der Waals surface area (Å²) in [4.78, 5) is 33.7. The molecule has 0 aliphatic rings. The zero-order valence-electron chi connectivity index (χ0n) is 22.1. The molecule has 200 valence electrons. The molecule has 1 atom stereocenters. The number of nitrogens with one attached hydrogen (secondary N) is 2. The molecule has 1 amide bonds. The maximum Gasteiger partial charge on any atom is 0.242 e. The van der Waals surface area contributed by atoms with Crippen LogP contribution in [0.5, 0.6) is 0 Å². The van der Waals surface area contributed by atoms with E-state index < -0.39 is 12.6 Å². The van der Waals surface area contributed by atoms with E-state index in [1.807, 2.05) is 13.0 Å². The molecule has 1 heterocycles. The fourth-order valence-electron chi connectivity index (χ4n) is 3.53. The molecule has 0 saturated carbocycles. The third kappa shape index (κ3) is 15.1. The Labute approximate surface area is 215 Å². The number of aliphatic hydroxyl groups excluding tert-OH is 1. The van der Waals surface area contributed by atoms with Crippen molar-refractivity contribution in [2.75, 3.05) is 37.4 Å².